The first-order valence-electron chi connectivity index (χ1n) is 8.04. The van der Waals surface area contributed by atoms with Crippen LogP contribution in [-0.2, 0) is 11.2 Å². The van der Waals surface area contributed by atoms with E-state index in [1.807, 2.05) is 0 Å². The van der Waals surface area contributed by atoms with Gasteiger partial charge in [-0.15, -0.1) is 0 Å². The van der Waals surface area contributed by atoms with Crippen molar-refractivity contribution < 1.29 is 4.74 Å². The second-order valence-electron chi connectivity index (χ2n) is 6.52. The number of aryl methyl sites for hydroxylation is 1. The van der Waals surface area contributed by atoms with Gasteiger partial charge in [-0.25, -0.2) is 0 Å². The van der Waals surface area contributed by atoms with Crippen molar-refractivity contribution in [1.82, 2.24) is 9.78 Å². The van der Waals surface area contributed by atoms with E-state index in [1.165, 1.54) is 36.9 Å². The fourth-order valence-corrected chi connectivity index (χ4v) is 4.14. The van der Waals surface area contributed by atoms with Crippen molar-refractivity contribution in [2.24, 2.45) is 5.73 Å². The number of nitrogens with two attached hydrogens (primary N) is 1. The van der Waals surface area contributed by atoms with Gasteiger partial charge >= 0.3 is 0 Å². The summed E-state index contributed by atoms with van der Waals surface area (Å²) in [6.45, 7) is 5.89. The Morgan fingerprint density at radius 1 is 1.35 bits per heavy atom. The van der Waals surface area contributed by atoms with Gasteiger partial charge in [0.05, 0.1) is 17.3 Å². The smallest absolute Gasteiger partial charge is 0.0703 e. The predicted octanol–water partition coefficient (Wildman–Crippen LogP) is 2.67. The average molecular weight is 277 g/mol. The van der Waals surface area contributed by atoms with Crippen molar-refractivity contribution >= 4 is 0 Å². The predicted molar refractivity (Wildman–Crippen MR) is 79.9 cm³/mol. The highest BCUT2D eigenvalue weighted by molar-refractivity contribution is 5.25. The molecule has 4 heteroatoms. The standard InChI is InChI=1S/C16H27N3O/c1-12-15(5-9-17)13(2)19(18-12)14-6-10-20-16(11-14)7-3-4-8-16/h14H,3-11,17H2,1-2H3. The van der Waals surface area contributed by atoms with Gasteiger partial charge in [-0.1, -0.05) is 12.8 Å². The maximum atomic E-state index is 6.14. The van der Waals surface area contributed by atoms with E-state index < -0.39 is 0 Å². The molecule has 1 aromatic rings. The van der Waals surface area contributed by atoms with Crippen LogP contribution in [0.15, 0.2) is 0 Å². The molecule has 2 N–H and O–H groups in total. The monoisotopic (exact) mass is 277 g/mol. The van der Waals surface area contributed by atoms with Crippen molar-refractivity contribution in [3.63, 3.8) is 0 Å². The summed E-state index contributed by atoms with van der Waals surface area (Å²) in [4.78, 5) is 0. The second kappa shape index (κ2) is 5.49. The zero-order chi connectivity index (χ0) is 14.2. The normalized spacial score (nSPS) is 25.4. The lowest BCUT2D eigenvalue weighted by atomic mass is 9.89. The zero-order valence-electron chi connectivity index (χ0n) is 12.8. The number of rotatable bonds is 3. The molecule has 1 aromatic heterocycles. The second-order valence-corrected chi connectivity index (χ2v) is 6.52. The first-order chi connectivity index (χ1) is 9.65. The topological polar surface area (TPSA) is 53.1 Å². The Kier molecular flexibility index (Phi) is 3.87. The summed E-state index contributed by atoms with van der Waals surface area (Å²) < 4.78 is 8.41. The lowest BCUT2D eigenvalue weighted by molar-refractivity contribution is -0.0912. The number of aromatic nitrogens is 2. The van der Waals surface area contributed by atoms with Crippen LogP contribution in [0.1, 0.15) is 61.5 Å². The molecule has 0 aromatic carbocycles. The molecule has 0 amide bonds. The Balaban J connectivity index is 1.83. The third kappa shape index (κ3) is 2.40. The molecule has 3 rings (SSSR count). The number of nitrogens with zero attached hydrogens (tertiary/aromatic N) is 2. The maximum Gasteiger partial charge on any atom is 0.0703 e. The lowest BCUT2D eigenvalue weighted by Gasteiger charge is -2.38. The molecular weight excluding hydrogens is 250 g/mol. The molecule has 112 valence electrons. The minimum atomic E-state index is 0.156. The molecule has 4 nitrogen and oxygen atoms in total. The van der Waals surface area contributed by atoms with Gasteiger partial charge < -0.3 is 10.5 Å². The molecule has 0 radical (unpaired) electrons. The summed E-state index contributed by atoms with van der Waals surface area (Å²) in [5.74, 6) is 0. The largest absolute Gasteiger partial charge is 0.375 e. The SMILES string of the molecule is Cc1nn(C2CCOC3(CCCC3)C2)c(C)c1CCN. The van der Waals surface area contributed by atoms with E-state index in [4.69, 9.17) is 15.6 Å². The molecule has 20 heavy (non-hydrogen) atoms. The number of ether oxygens (including phenoxy) is 1. The van der Waals surface area contributed by atoms with Gasteiger partial charge in [0.2, 0.25) is 0 Å². The minimum absolute atomic E-state index is 0.156. The Labute approximate surface area is 121 Å². The fraction of sp³-hybridized carbons (Fsp3) is 0.812. The van der Waals surface area contributed by atoms with Crippen LogP contribution >= 0.6 is 0 Å². The molecule has 2 aliphatic rings. The van der Waals surface area contributed by atoms with Gasteiger partial charge in [0.15, 0.2) is 0 Å². The summed E-state index contributed by atoms with van der Waals surface area (Å²) in [6.07, 6.45) is 8.27. The third-order valence-electron chi connectivity index (χ3n) is 5.20. The van der Waals surface area contributed by atoms with E-state index >= 15 is 0 Å². The van der Waals surface area contributed by atoms with Crippen LogP contribution in [-0.4, -0.2) is 28.5 Å². The molecule has 0 bridgehead atoms. The molecule has 1 aliphatic carbocycles. The van der Waals surface area contributed by atoms with E-state index in [1.54, 1.807) is 0 Å². The van der Waals surface area contributed by atoms with E-state index in [2.05, 4.69) is 18.5 Å². The van der Waals surface area contributed by atoms with Crippen molar-refractivity contribution in [2.75, 3.05) is 13.2 Å². The number of hydrogen-bond donors (Lipinski definition) is 1. The highest BCUT2D eigenvalue weighted by atomic mass is 16.5. The van der Waals surface area contributed by atoms with Crippen LogP contribution < -0.4 is 5.73 Å². The van der Waals surface area contributed by atoms with Gasteiger partial charge in [-0.3, -0.25) is 4.68 Å². The highest BCUT2D eigenvalue weighted by Crippen LogP contribution is 2.43. The van der Waals surface area contributed by atoms with Crippen LogP contribution in [0.3, 0.4) is 0 Å². The van der Waals surface area contributed by atoms with Gasteiger partial charge in [0.1, 0.15) is 0 Å². The molecule has 2 fully saturated rings. The Hall–Kier alpha value is -0.870. The van der Waals surface area contributed by atoms with Crippen molar-refractivity contribution in [1.29, 1.82) is 0 Å². The van der Waals surface area contributed by atoms with Crippen LogP contribution in [0, 0.1) is 13.8 Å². The average Bonchev–Trinajstić information content (AvgIpc) is 2.99. The molecule has 1 aliphatic heterocycles. The van der Waals surface area contributed by atoms with Crippen LogP contribution in [0.4, 0.5) is 0 Å². The van der Waals surface area contributed by atoms with E-state index in [0.717, 1.165) is 31.6 Å². The quantitative estimate of drug-likeness (QED) is 0.924. The van der Waals surface area contributed by atoms with Crippen molar-refractivity contribution in [3.05, 3.63) is 17.0 Å². The molecule has 1 unspecified atom stereocenters. The third-order valence-corrected chi connectivity index (χ3v) is 5.20. The van der Waals surface area contributed by atoms with Gasteiger partial charge in [0, 0.05) is 12.3 Å². The summed E-state index contributed by atoms with van der Waals surface area (Å²) in [6, 6.07) is 0.507. The molecule has 1 saturated heterocycles. The fourth-order valence-electron chi connectivity index (χ4n) is 4.14. The van der Waals surface area contributed by atoms with Crippen molar-refractivity contribution in [3.8, 4) is 0 Å². The van der Waals surface area contributed by atoms with Crippen molar-refractivity contribution in [2.45, 2.75) is 70.4 Å². The summed E-state index contributed by atoms with van der Waals surface area (Å²) in [5, 5.41) is 4.81. The Morgan fingerprint density at radius 3 is 2.80 bits per heavy atom. The molecule has 2 heterocycles. The Morgan fingerprint density at radius 2 is 2.10 bits per heavy atom. The summed E-state index contributed by atoms with van der Waals surface area (Å²) in [5.41, 5.74) is 9.69. The van der Waals surface area contributed by atoms with Crippen LogP contribution in [0.5, 0.6) is 0 Å². The molecule has 1 saturated carbocycles. The molecule has 1 atom stereocenters. The first kappa shape index (κ1) is 14.1. The molecule has 1 spiro atoms. The lowest BCUT2D eigenvalue weighted by Crippen LogP contribution is -2.38. The molecular formula is C16H27N3O. The summed E-state index contributed by atoms with van der Waals surface area (Å²) in [7, 11) is 0. The van der Waals surface area contributed by atoms with Gasteiger partial charge in [-0.2, -0.15) is 5.10 Å². The van der Waals surface area contributed by atoms with Gasteiger partial charge in [0.25, 0.3) is 0 Å². The van der Waals surface area contributed by atoms with Crippen LogP contribution in [0.25, 0.3) is 0 Å². The number of hydrogen-bond acceptors (Lipinski definition) is 3. The van der Waals surface area contributed by atoms with E-state index in [-0.39, 0.29) is 5.60 Å². The first-order valence-corrected chi connectivity index (χ1v) is 8.04. The highest BCUT2D eigenvalue weighted by Gasteiger charge is 2.41. The van der Waals surface area contributed by atoms with Gasteiger partial charge in [-0.05, 0) is 58.1 Å². The summed E-state index contributed by atoms with van der Waals surface area (Å²) >= 11 is 0. The Bertz CT molecular complexity index is 474. The zero-order valence-corrected chi connectivity index (χ0v) is 12.8. The van der Waals surface area contributed by atoms with E-state index in [9.17, 15) is 0 Å². The van der Waals surface area contributed by atoms with Crippen LogP contribution in [0.2, 0.25) is 0 Å². The minimum Gasteiger partial charge on any atom is -0.375 e. The van der Waals surface area contributed by atoms with E-state index in [0.29, 0.717) is 12.6 Å². The maximum absolute atomic E-state index is 6.14.